The first-order chi connectivity index (χ1) is 9.94. The molecule has 0 saturated heterocycles. The summed E-state index contributed by atoms with van der Waals surface area (Å²) in [6, 6.07) is 11.5. The zero-order chi connectivity index (χ0) is 15.5. The van der Waals surface area contributed by atoms with Crippen LogP contribution >= 0.6 is 11.6 Å². The van der Waals surface area contributed by atoms with E-state index in [1.807, 2.05) is 6.92 Å². The Kier molecular flexibility index (Phi) is 4.75. The van der Waals surface area contributed by atoms with Gasteiger partial charge in [0.1, 0.15) is 5.75 Å². The number of aryl methyl sites for hydroxylation is 1. The van der Waals surface area contributed by atoms with Crippen LogP contribution in [-0.4, -0.2) is 15.0 Å². The zero-order valence-electron chi connectivity index (χ0n) is 11.8. The molecule has 2 aromatic rings. The highest BCUT2D eigenvalue weighted by Crippen LogP contribution is 2.27. The molecule has 0 amide bonds. The van der Waals surface area contributed by atoms with E-state index >= 15 is 0 Å². The third-order valence-electron chi connectivity index (χ3n) is 2.87. The van der Waals surface area contributed by atoms with Crippen molar-refractivity contribution in [2.75, 3.05) is 11.3 Å². The van der Waals surface area contributed by atoms with Crippen molar-refractivity contribution < 1.29 is 13.2 Å². The van der Waals surface area contributed by atoms with E-state index in [1.165, 1.54) is 12.1 Å². The highest BCUT2D eigenvalue weighted by Gasteiger charge is 2.17. The topological polar surface area (TPSA) is 55.4 Å². The van der Waals surface area contributed by atoms with Gasteiger partial charge in [0.25, 0.3) is 10.0 Å². The Morgan fingerprint density at radius 2 is 1.90 bits per heavy atom. The van der Waals surface area contributed by atoms with Crippen LogP contribution < -0.4 is 9.46 Å². The molecule has 2 aromatic carbocycles. The van der Waals surface area contributed by atoms with Gasteiger partial charge in [-0.3, -0.25) is 4.72 Å². The molecular formula is C15H16ClNO3S. The molecular weight excluding hydrogens is 310 g/mol. The van der Waals surface area contributed by atoms with E-state index in [4.69, 9.17) is 16.3 Å². The van der Waals surface area contributed by atoms with Crippen molar-refractivity contribution in [1.82, 2.24) is 0 Å². The molecule has 0 aliphatic rings. The summed E-state index contributed by atoms with van der Waals surface area (Å²) in [7, 11) is -3.68. The molecule has 0 unspecified atom stereocenters. The van der Waals surface area contributed by atoms with Gasteiger partial charge in [-0.05, 0) is 49.7 Å². The molecule has 0 saturated carbocycles. The molecule has 21 heavy (non-hydrogen) atoms. The second-order valence-electron chi connectivity index (χ2n) is 4.45. The fourth-order valence-electron chi connectivity index (χ4n) is 1.82. The van der Waals surface area contributed by atoms with Crippen LogP contribution in [0.4, 0.5) is 5.69 Å². The molecule has 0 spiro atoms. The number of halogens is 1. The van der Waals surface area contributed by atoms with Gasteiger partial charge < -0.3 is 4.74 Å². The summed E-state index contributed by atoms with van der Waals surface area (Å²) < 4.78 is 32.8. The van der Waals surface area contributed by atoms with Crippen molar-refractivity contribution in [1.29, 1.82) is 0 Å². The fourth-order valence-corrected chi connectivity index (χ4v) is 3.09. The zero-order valence-corrected chi connectivity index (χ0v) is 13.3. The third kappa shape index (κ3) is 3.68. The lowest BCUT2D eigenvalue weighted by molar-refractivity contribution is 0.342. The second-order valence-corrected chi connectivity index (χ2v) is 6.54. The lowest BCUT2D eigenvalue weighted by Gasteiger charge is -2.13. The van der Waals surface area contributed by atoms with Crippen LogP contribution in [0.2, 0.25) is 5.02 Å². The summed E-state index contributed by atoms with van der Waals surface area (Å²) in [5.41, 5.74) is 1.12. The Balaban J connectivity index is 2.35. The SMILES string of the molecule is CCOc1ccccc1NS(=O)(=O)c1ccc(Cl)c(C)c1. The Labute approximate surface area is 129 Å². The number of nitrogens with one attached hydrogen (secondary N) is 1. The van der Waals surface area contributed by atoms with E-state index in [9.17, 15) is 8.42 Å². The fraction of sp³-hybridized carbons (Fsp3) is 0.200. The number of sulfonamides is 1. The molecule has 2 rings (SSSR count). The van der Waals surface area contributed by atoms with Crippen LogP contribution in [0.15, 0.2) is 47.4 Å². The molecule has 0 radical (unpaired) electrons. The van der Waals surface area contributed by atoms with E-state index in [0.29, 0.717) is 28.6 Å². The van der Waals surface area contributed by atoms with E-state index in [2.05, 4.69) is 4.72 Å². The van der Waals surface area contributed by atoms with Crippen LogP contribution in [0.3, 0.4) is 0 Å². The van der Waals surface area contributed by atoms with Crippen molar-refractivity contribution in [3.63, 3.8) is 0 Å². The maximum Gasteiger partial charge on any atom is 0.262 e. The average molecular weight is 326 g/mol. The minimum absolute atomic E-state index is 0.163. The van der Waals surface area contributed by atoms with Gasteiger partial charge in [-0.2, -0.15) is 0 Å². The highest BCUT2D eigenvalue weighted by molar-refractivity contribution is 7.92. The minimum Gasteiger partial charge on any atom is -0.492 e. The normalized spacial score (nSPS) is 11.2. The summed E-state index contributed by atoms with van der Waals surface area (Å²) in [4.78, 5) is 0.163. The molecule has 0 bridgehead atoms. The summed E-state index contributed by atoms with van der Waals surface area (Å²) in [6.45, 7) is 4.06. The van der Waals surface area contributed by atoms with Gasteiger partial charge in [0, 0.05) is 5.02 Å². The van der Waals surface area contributed by atoms with Crippen LogP contribution in [0.1, 0.15) is 12.5 Å². The number of rotatable bonds is 5. The van der Waals surface area contributed by atoms with Gasteiger partial charge in [-0.25, -0.2) is 8.42 Å². The first-order valence-corrected chi connectivity index (χ1v) is 8.31. The molecule has 112 valence electrons. The van der Waals surface area contributed by atoms with E-state index in [0.717, 1.165) is 0 Å². The molecule has 0 fully saturated rings. The molecule has 4 nitrogen and oxygen atoms in total. The lowest BCUT2D eigenvalue weighted by atomic mass is 10.2. The van der Waals surface area contributed by atoms with Crippen molar-refractivity contribution in [2.45, 2.75) is 18.7 Å². The number of para-hydroxylation sites is 2. The molecule has 0 aromatic heterocycles. The van der Waals surface area contributed by atoms with Crippen LogP contribution in [0.5, 0.6) is 5.75 Å². The third-order valence-corrected chi connectivity index (χ3v) is 4.66. The van der Waals surface area contributed by atoms with Gasteiger partial charge in [0.05, 0.1) is 17.2 Å². The van der Waals surface area contributed by atoms with Gasteiger partial charge in [-0.15, -0.1) is 0 Å². The minimum atomic E-state index is -3.68. The molecule has 0 aliphatic heterocycles. The van der Waals surface area contributed by atoms with E-state index < -0.39 is 10.0 Å². The van der Waals surface area contributed by atoms with Crippen molar-refractivity contribution in [3.05, 3.63) is 53.1 Å². The Hall–Kier alpha value is -1.72. The monoisotopic (exact) mass is 325 g/mol. The Morgan fingerprint density at radius 3 is 2.57 bits per heavy atom. The summed E-state index contributed by atoms with van der Waals surface area (Å²) >= 11 is 5.92. The smallest absolute Gasteiger partial charge is 0.262 e. The summed E-state index contributed by atoms with van der Waals surface area (Å²) in [6.07, 6.45) is 0. The molecule has 0 heterocycles. The van der Waals surface area contributed by atoms with E-state index in [1.54, 1.807) is 37.3 Å². The van der Waals surface area contributed by atoms with Crippen molar-refractivity contribution in [3.8, 4) is 5.75 Å². The van der Waals surface area contributed by atoms with E-state index in [-0.39, 0.29) is 4.90 Å². The average Bonchev–Trinajstić information content (AvgIpc) is 2.44. The molecule has 1 N–H and O–H groups in total. The molecule has 0 atom stereocenters. The number of hydrogen-bond donors (Lipinski definition) is 1. The number of benzene rings is 2. The van der Waals surface area contributed by atoms with Crippen LogP contribution in [0, 0.1) is 6.92 Å². The van der Waals surface area contributed by atoms with Crippen molar-refractivity contribution >= 4 is 27.3 Å². The summed E-state index contributed by atoms with van der Waals surface area (Å²) in [5.74, 6) is 0.495. The predicted molar refractivity (Wildman–Crippen MR) is 84.6 cm³/mol. The second kappa shape index (κ2) is 6.37. The maximum absolute atomic E-state index is 12.4. The first kappa shape index (κ1) is 15.7. The Morgan fingerprint density at radius 1 is 1.19 bits per heavy atom. The largest absolute Gasteiger partial charge is 0.492 e. The van der Waals surface area contributed by atoms with Gasteiger partial charge in [0.15, 0.2) is 0 Å². The number of hydrogen-bond acceptors (Lipinski definition) is 3. The highest BCUT2D eigenvalue weighted by atomic mass is 35.5. The van der Waals surface area contributed by atoms with Crippen LogP contribution in [-0.2, 0) is 10.0 Å². The number of anilines is 1. The van der Waals surface area contributed by atoms with Crippen LogP contribution in [0.25, 0.3) is 0 Å². The molecule has 6 heteroatoms. The molecule has 0 aliphatic carbocycles. The Bertz CT molecular complexity index is 744. The lowest BCUT2D eigenvalue weighted by Crippen LogP contribution is -2.14. The standard InChI is InChI=1S/C15H16ClNO3S/c1-3-20-15-7-5-4-6-14(15)17-21(18,19)12-8-9-13(16)11(2)10-12/h4-10,17H,3H2,1-2H3. The van der Waals surface area contributed by atoms with Crippen molar-refractivity contribution in [2.24, 2.45) is 0 Å². The number of ether oxygens (including phenoxy) is 1. The maximum atomic E-state index is 12.4. The quantitative estimate of drug-likeness (QED) is 0.908. The first-order valence-electron chi connectivity index (χ1n) is 6.45. The van der Waals surface area contributed by atoms with Gasteiger partial charge in [-0.1, -0.05) is 23.7 Å². The predicted octanol–water partition coefficient (Wildman–Crippen LogP) is 3.85. The van der Waals surface area contributed by atoms with Gasteiger partial charge >= 0.3 is 0 Å². The summed E-state index contributed by atoms with van der Waals surface area (Å²) in [5, 5.41) is 0.531. The van der Waals surface area contributed by atoms with Gasteiger partial charge in [0.2, 0.25) is 0 Å².